The summed E-state index contributed by atoms with van der Waals surface area (Å²) < 4.78 is 16.2. The number of aryl methyl sites for hydroxylation is 1. The van der Waals surface area contributed by atoms with Crippen molar-refractivity contribution in [1.82, 2.24) is 0 Å². The fourth-order valence-electron chi connectivity index (χ4n) is 3.82. The number of carbonyl (C=O) groups is 2. The molecule has 0 aromatic heterocycles. The van der Waals surface area contributed by atoms with E-state index < -0.39 is 11.9 Å². The van der Waals surface area contributed by atoms with Crippen LogP contribution in [0.4, 0.5) is 0 Å². The highest BCUT2D eigenvalue weighted by atomic mass is 16.5. The number of methoxy groups -OCH3 is 1. The molecule has 0 fully saturated rings. The number of ether oxygens (including phenoxy) is 3. The van der Waals surface area contributed by atoms with E-state index in [1.54, 1.807) is 25.3 Å². The molecule has 0 saturated heterocycles. The highest BCUT2D eigenvalue weighted by molar-refractivity contribution is 6.20. The molecule has 0 spiro atoms. The second-order valence-corrected chi connectivity index (χ2v) is 7.39. The van der Waals surface area contributed by atoms with Gasteiger partial charge in [0.15, 0.2) is 0 Å². The molecule has 0 saturated carbocycles. The molecule has 0 atom stereocenters. The average Bonchev–Trinajstić information content (AvgIpc) is 3.24. The molecule has 2 heterocycles. The van der Waals surface area contributed by atoms with Gasteiger partial charge in [0.25, 0.3) is 0 Å². The number of esters is 2. The third-order valence-electron chi connectivity index (χ3n) is 5.31. The van der Waals surface area contributed by atoms with Crippen LogP contribution < -0.4 is 24.6 Å². The van der Waals surface area contributed by atoms with E-state index in [-0.39, 0.29) is 0 Å². The lowest BCUT2D eigenvalue weighted by atomic mass is 10.0. The van der Waals surface area contributed by atoms with Gasteiger partial charge in [-0.15, -0.1) is 0 Å². The number of hydrogen-bond acceptors (Lipinski definition) is 5. The van der Waals surface area contributed by atoms with Gasteiger partial charge in [0.2, 0.25) is 0 Å². The Bertz CT molecular complexity index is 1410. The topological polar surface area (TPSA) is 61.8 Å². The van der Waals surface area contributed by atoms with Crippen molar-refractivity contribution in [3.05, 3.63) is 93.9 Å². The second-order valence-electron chi connectivity index (χ2n) is 7.39. The highest BCUT2D eigenvalue weighted by Gasteiger charge is 2.29. The molecule has 0 aliphatic carbocycles. The number of rotatable bonds is 4. The lowest BCUT2D eigenvalue weighted by Gasteiger charge is -2.01. The normalized spacial score (nSPS) is 14.5. The molecule has 152 valence electrons. The molecule has 2 aliphatic heterocycles. The van der Waals surface area contributed by atoms with E-state index in [9.17, 15) is 9.59 Å². The third-order valence-corrected chi connectivity index (χ3v) is 5.31. The molecule has 5 rings (SSSR count). The predicted octanol–water partition coefficient (Wildman–Crippen LogP) is 2.90. The summed E-state index contributed by atoms with van der Waals surface area (Å²) in [6.07, 6.45) is 3.52. The van der Waals surface area contributed by atoms with Gasteiger partial charge >= 0.3 is 11.9 Å². The maximum Gasteiger partial charge on any atom is 0.344 e. The van der Waals surface area contributed by atoms with Crippen molar-refractivity contribution in [1.29, 1.82) is 0 Å². The first-order valence-electron chi connectivity index (χ1n) is 9.80. The first-order chi connectivity index (χ1) is 15.0. The van der Waals surface area contributed by atoms with Gasteiger partial charge in [0.1, 0.15) is 17.2 Å². The molecule has 3 aromatic carbocycles. The van der Waals surface area contributed by atoms with E-state index in [0.717, 1.165) is 22.4 Å². The minimum atomic E-state index is -0.443. The van der Waals surface area contributed by atoms with Gasteiger partial charge in [-0.05, 0) is 48.4 Å². The Kier molecular flexibility index (Phi) is 4.44. The summed E-state index contributed by atoms with van der Waals surface area (Å²) >= 11 is 0. The van der Waals surface area contributed by atoms with Crippen LogP contribution in [-0.2, 0) is 9.59 Å². The van der Waals surface area contributed by atoms with E-state index in [4.69, 9.17) is 14.2 Å². The maximum atomic E-state index is 12.6. The van der Waals surface area contributed by atoms with Crippen molar-refractivity contribution in [3.63, 3.8) is 0 Å². The minimum Gasteiger partial charge on any atom is -0.497 e. The van der Waals surface area contributed by atoms with Crippen LogP contribution in [0.3, 0.4) is 0 Å². The van der Waals surface area contributed by atoms with Crippen molar-refractivity contribution < 1.29 is 23.8 Å². The predicted molar refractivity (Wildman–Crippen MR) is 116 cm³/mol. The summed E-state index contributed by atoms with van der Waals surface area (Å²) in [5.74, 6) is 0.708. The number of carbonyl (C=O) groups excluding carboxylic acids is 2. The molecule has 0 N–H and O–H groups in total. The van der Waals surface area contributed by atoms with Gasteiger partial charge in [0, 0.05) is 10.4 Å². The lowest BCUT2D eigenvalue weighted by molar-refractivity contribution is -0.128. The van der Waals surface area contributed by atoms with Crippen LogP contribution in [-0.4, -0.2) is 19.0 Å². The summed E-state index contributed by atoms with van der Waals surface area (Å²) in [7, 11) is 1.60. The fourth-order valence-corrected chi connectivity index (χ4v) is 3.82. The lowest BCUT2D eigenvalue weighted by Crippen LogP contribution is -2.10. The van der Waals surface area contributed by atoms with Crippen molar-refractivity contribution in [2.24, 2.45) is 0 Å². The molecule has 31 heavy (non-hydrogen) atoms. The van der Waals surface area contributed by atoms with Crippen molar-refractivity contribution in [2.75, 3.05) is 7.11 Å². The Balaban J connectivity index is 1.64. The van der Waals surface area contributed by atoms with E-state index >= 15 is 0 Å². The van der Waals surface area contributed by atoms with Crippen molar-refractivity contribution >= 4 is 29.2 Å². The van der Waals surface area contributed by atoms with Crippen molar-refractivity contribution in [3.8, 4) is 17.2 Å². The molecule has 2 aliphatic rings. The second kappa shape index (κ2) is 7.29. The Morgan fingerprint density at radius 1 is 0.806 bits per heavy atom. The molecule has 3 aromatic rings. The number of benzene rings is 3. The Hall–Kier alpha value is -4.12. The van der Waals surface area contributed by atoms with Crippen LogP contribution in [0, 0.1) is 6.92 Å². The molecular weight excluding hydrogens is 392 g/mol. The summed E-state index contributed by atoms with van der Waals surface area (Å²) in [6, 6.07) is 18.6. The first-order valence-corrected chi connectivity index (χ1v) is 9.80. The first kappa shape index (κ1) is 18.9. The summed E-state index contributed by atoms with van der Waals surface area (Å²) in [4.78, 5) is 25.1. The van der Waals surface area contributed by atoms with E-state index in [1.807, 2.05) is 61.5 Å². The fraction of sp³-hybridized carbons (Fsp3) is 0.0769. The Morgan fingerprint density at radius 3 is 2.35 bits per heavy atom. The zero-order valence-corrected chi connectivity index (χ0v) is 17.0. The van der Waals surface area contributed by atoms with Gasteiger partial charge < -0.3 is 14.2 Å². The number of hydrogen-bond donors (Lipinski definition) is 0. The van der Waals surface area contributed by atoms with Gasteiger partial charge in [-0.2, -0.15) is 0 Å². The summed E-state index contributed by atoms with van der Waals surface area (Å²) in [5.41, 5.74) is 3.57. The maximum absolute atomic E-state index is 12.6. The van der Waals surface area contributed by atoms with Crippen LogP contribution in [0.2, 0.25) is 0 Å². The molecule has 0 bridgehead atoms. The van der Waals surface area contributed by atoms with Gasteiger partial charge in [0.05, 0.1) is 18.3 Å². The molecule has 0 radical (unpaired) electrons. The highest BCUT2D eigenvalue weighted by Crippen LogP contribution is 2.26. The molecular formula is C26H18O5. The summed E-state index contributed by atoms with van der Waals surface area (Å²) in [6.45, 7) is 1.96. The van der Waals surface area contributed by atoms with E-state index in [1.165, 1.54) is 0 Å². The van der Waals surface area contributed by atoms with Crippen LogP contribution in [0.25, 0.3) is 17.2 Å². The van der Waals surface area contributed by atoms with Crippen LogP contribution in [0.5, 0.6) is 17.2 Å². The van der Waals surface area contributed by atoms with E-state index in [0.29, 0.717) is 33.1 Å². The average molecular weight is 410 g/mol. The van der Waals surface area contributed by atoms with Crippen LogP contribution >= 0.6 is 0 Å². The van der Waals surface area contributed by atoms with Crippen LogP contribution in [0.15, 0.2) is 66.7 Å². The quantitative estimate of drug-likeness (QED) is 0.489. The minimum absolute atomic E-state index is 0.403. The Labute approximate surface area is 178 Å². The van der Waals surface area contributed by atoms with Gasteiger partial charge in [-0.25, -0.2) is 9.59 Å². The third kappa shape index (κ3) is 3.30. The van der Waals surface area contributed by atoms with Gasteiger partial charge in [-0.3, -0.25) is 0 Å². The molecule has 0 amide bonds. The SMILES string of the molecule is COc1cccc(C=CC2=c3cc4c(cc3OC2=O)=C(c2cccc(C)c2)C(=O)O4)c1. The molecule has 5 nitrogen and oxygen atoms in total. The monoisotopic (exact) mass is 410 g/mol. The standard InChI is InChI=1S/C26H18O5/c1-15-5-3-7-17(11-15)24-21-14-22-20(13-23(21)31-26(24)28)19(25(27)30-22)10-9-16-6-4-8-18(12-16)29-2/h3-14H,1-2H3. The smallest absolute Gasteiger partial charge is 0.344 e. The van der Waals surface area contributed by atoms with E-state index in [2.05, 4.69) is 0 Å². The number of fused-ring (bicyclic) bond motifs is 2. The summed E-state index contributed by atoms with van der Waals surface area (Å²) in [5, 5.41) is 1.22. The van der Waals surface area contributed by atoms with Gasteiger partial charge in [-0.1, -0.05) is 48.0 Å². The molecule has 5 heteroatoms. The zero-order chi connectivity index (χ0) is 21.5. The Morgan fingerprint density at radius 2 is 1.55 bits per heavy atom. The molecule has 0 unspecified atom stereocenters. The zero-order valence-electron chi connectivity index (χ0n) is 17.0. The van der Waals surface area contributed by atoms with Crippen molar-refractivity contribution in [2.45, 2.75) is 6.92 Å². The largest absolute Gasteiger partial charge is 0.497 e. The van der Waals surface area contributed by atoms with Crippen LogP contribution in [0.1, 0.15) is 16.7 Å².